The first-order chi connectivity index (χ1) is 10.9. The van der Waals surface area contributed by atoms with E-state index in [1.165, 1.54) is 0 Å². The molecular formula is C17H23N3O3. The molecule has 1 aliphatic rings. The Morgan fingerprint density at radius 1 is 1.26 bits per heavy atom. The number of carbonyl (C=O) groups is 1. The van der Waals surface area contributed by atoms with Crippen molar-refractivity contribution >= 4 is 17.0 Å². The van der Waals surface area contributed by atoms with E-state index in [0.717, 1.165) is 31.4 Å². The Bertz CT molecular complexity index is 776. The lowest BCUT2D eigenvalue weighted by Crippen LogP contribution is -2.33. The predicted octanol–water partition coefficient (Wildman–Crippen LogP) is 2.21. The summed E-state index contributed by atoms with van der Waals surface area (Å²) in [4.78, 5) is 27.4. The Morgan fingerprint density at radius 2 is 1.96 bits per heavy atom. The van der Waals surface area contributed by atoms with Gasteiger partial charge in [-0.05, 0) is 58.8 Å². The van der Waals surface area contributed by atoms with E-state index in [9.17, 15) is 9.59 Å². The number of benzene rings is 1. The van der Waals surface area contributed by atoms with Crippen molar-refractivity contribution in [3.63, 3.8) is 0 Å². The van der Waals surface area contributed by atoms with E-state index in [2.05, 4.69) is 10.3 Å². The number of rotatable bonds is 2. The lowest BCUT2D eigenvalue weighted by molar-refractivity contribution is -0.142. The topological polar surface area (TPSA) is 76.1 Å². The Kier molecular flexibility index (Phi) is 4.02. The molecule has 0 atom stereocenters. The molecule has 1 aromatic heterocycles. The van der Waals surface area contributed by atoms with Crippen LogP contribution >= 0.6 is 0 Å². The number of esters is 1. The molecule has 1 fully saturated rings. The molecule has 1 saturated heterocycles. The number of H-pyrrole nitrogens is 1. The monoisotopic (exact) mass is 317 g/mol. The third kappa shape index (κ3) is 3.03. The van der Waals surface area contributed by atoms with Crippen LogP contribution in [0.5, 0.6) is 5.75 Å². The number of imidazole rings is 1. The number of carbonyl (C=O) groups excluding carboxylic acids is 1. The number of nitrogens with one attached hydrogen (secondary N) is 2. The van der Waals surface area contributed by atoms with Crippen LogP contribution in [0.15, 0.2) is 23.0 Å². The number of aromatic amines is 1. The average molecular weight is 317 g/mol. The highest BCUT2D eigenvalue weighted by atomic mass is 16.5. The van der Waals surface area contributed by atoms with Crippen LogP contribution in [0.1, 0.15) is 39.7 Å². The van der Waals surface area contributed by atoms with E-state index in [4.69, 9.17) is 4.74 Å². The Hall–Kier alpha value is -2.08. The third-order valence-corrected chi connectivity index (χ3v) is 4.20. The highest BCUT2D eigenvalue weighted by molar-refractivity contribution is 5.86. The molecule has 6 nitrogen and oxygen atoms in total. The Balaban J connectivity index is 2.02. The van der Waals surface area contributed by atoms with Crippen LogP contribution in [0.25, 0.3) is 11.0 Å². The smallest absolute Gasteiger partial charge is 0.326 e. The van der Waals surface area contributed by atoms with Crippen LogP contribution in [0.4, 0.5) is 0 Å². The second kappa shape index (κ2) is 5.85. The van der Waals surface area contributed by atoms with E-state index in [1.807, 2.05) is 12.1 Å². The van der Waals surface area contributed by atoms with E-state index in [0.29, 0.717) is 11.3 Å². The maximum atomic E-state index is 12.4. The van der Waals surface area contributed by atoms with Gasteiger partial charge in [-0.3, -0.25) is 9.36 Å². The van der Waals surface area contributed by atoms with Gasteiger partial charge in [-0.15, -0.1) is 0 Å². The molecule has 2 heterocycles. The van der Waals surface area contributed by atoms with Crippen molar-refractivity contribution in [2.24, 2.45) is 5.41 Å². The number of ether oxygens (including phenoxy) is 1. The zero-order valence-corrected chi connectivity index (χ0v) is 13.8. The van der Waals surface area contributed by atoms with Gasteiger partial charge in [0, 0.05) is 6.04 Å². The van der Waals surface area contributed by atoms with Crippen molar-refractivity contribution in [2.75, 3.05) is 13.1 Å². The van der Waals surface area contributed by atoms with Crippen molar-refractivity contribution in [1.29, 1.82) is 0 Å². The fourth-order valence-electron chi connectivity index (χ4n) is 2.89. The van der Waals surface area contributed by atoms with Crippen LogP contribution in [-0.2, 0) is 4.79 Å². The number of fused-ring (bicyclic) bond motifs is 1. The standard InChI is InChI=1S/C17H23N3O3/c1-17(2,3)15(21)23-13-6-4-5-12-14(13)19-16(22)20(12)11-7-9-18-10-8-11/h4-6,11,18H,7-10H2,1-3H3,(H,19,22). The molecule has 1 aliphatic heterocycles. The second-order valence-electron chi connectivity index (χ2n) is 7.07. The lowest BCUT2D eigenvalue weighted by Gasteiger charge is -2.23. The first kappa shape index (κ1) is 15.8. The summed E-state index contributed by atoms with van der Waals surface area (Å²) in [5.41, 5.74) is 0.640. The molecule has 0 aliphatic carbocycles. The molecule has 6 heteroatoms. The minimum atomic E-state index is -0.597. The summed E-state index contributed by atoms with van der Waals surface area (Å²) in [7, 11) is 0. The zero-order valence-electron chi connectivity index (χ0n) is 13.8. The molecule has 0 radical (unpaired) electrons. The summed E-state index contributed by atoms with van der Waals surface area (Å²) in [6, 6.07) is 5.60. The van der Waals surface area contributed by atoms with Crippen LogP contribution in [0, 0.1) is 5.41 Å². The largest absolute Gasteiger partial charge is 0.424 e. The van der Waals surface area contributed by atoms with Crippen molar-refractivity contribution in [1.82, 2.24) is 14.9 Å². The van der Waals surface area contributed by atoms with Crippen LogP contribution < -0.4 is 15.7 Å². The van der Waals surface area contributed by atoms with Gasteiger partial charge in [0.15, 0.2) is 5.75 Å². The zero-order chi connectivity index (χ0) is 16.6. The molecule has 0 bridgehead atoms. The SMILES string of the molecule is CC(C)(C)C(=O)Oc1cccc2c1[nH]c(=O)n2C1CCNCC1. The van der Waals surface area contributed by atoms with Crippen LogP contribution in [-0.4, -0.2) is 28.6 Å². The Labute approximate surface area is 134 Å². The number of hydrogen-bond donors (Lipinski definition) is 2. The molecule has 0 amide bonds. The molecule has 2 N–H and O–H groups in total. The summed E-state index contributed by atoms with van der Waals surface area (Å²) in [5, 5.41) is 3.30. The first-order valence-corrected chi connectivity index (χ1v) is 8.04. The third-order valence-electron chi connectivity index (χ3n) is 4.20. The maximum absolute atomic E-state index is 12.4. The van der Waals surface area contributed by atoms with E-state index in [-0.39, 0.29) is 17.7 Å². The van der Waals surface area contributed by atoms with Gasteiger partial charge in [0.1, 0.15) is 5.52 Å². The number of hydrogen-bond acceptors (Lipinski definition) is 4. The fraction of sp³-hybridized carbons (Fsp3) is 0.529. The number of nitrogens with zero attached hydrogens (tertiary/aromatic N) is 1. The minimum Gasteiger partial charge on any atom is -0.424 e. The fourth-order valence-corrected chi connectivity index (χ4v) is 2.89. The van der Waals surface area contributed by atoms with Gasteiger partial charge < -0.3 is 15.0 Å². The van der Waals surface area contributed by atoms with Gasteiger partial charge in [0.25, 0.3) is 0 Å². The molecule has 0 saturated carbocycles. The average Bonchev–Trinajstić information content (AvgIpc) is 2.84. The number of aromatic nitrogens is 2. The van der Waals surface area contributed by atoms with E-state index < -0.39 is 5.41 Å². The first-order valence-electron chi connectivity index (χ1n) is 8.04. The molecule has 23 heavy (non-hydrogen) atoms. The van der Waals surface area contributed by atoms with Crippen LogP contribution in [0.2, 0.25) is 0 Å². The molecule has 1 aromatic carbocycles. The van der Waals surface area contributed by atoms with Crippen molar-refractivity contribution in [2.45, 2.75) is 39.7 Å². The van der Waals surface area contributed by atoms with Gasteiger partial charge >= 0.3 is 11.7 Å². The highest BCUT2D eigenvalue weighted by Gasteiger charge is 2.26. The molecule has 124 valence electrons. The van der Waals surface area contributed by atoms with Gasteiger partial charge in [0.05, 0.1) is 10.9 Å². The van der Waals surface area contributed by atoms with Crippen molar-refractivity contribution < 1.29 is 9.53 Å². The lowest BCUT2D eigenvalue weighted by atomic mass is 9.97. The maximum Gasteiger partial charge on any atom is 0.326 e. The van der Waals surface area contributed by atoms with E-state index in [1.54, 1.807) is 31.4 Å². The normalized spacial score (nSPS) is 16.7. The van der Waals surface area contributed by atoms with Crippen LogP contribution in [0.3, 0.4) is 0 Å². The van der Waals surface area contributed by atoms with Crippen molar-refractivity contribution in [3.8, 4) is 5.75 Å². The molecule has 2 aromatic rings. The van der Waals surface area contributed by atoms with Gasteiger partial charge in [0.2, 0.25) is 0 Å². The summed E-state index contributed by atoms with van der Waals surface area (Å²) < 4.78 is 7.31. The minimum absolute atomic E-state index is 0.147. The van der Waals surface area contributed by atoms with E-state index >= 15 is 0 Å². The predicted molar refractivity (Wildman–Crippen MR) is 88.8 cm³/mol. The number of para-hydroxylation sites is 1. The molecule has 0 unspecified atom stereocenters. The summed E-state index contributed by atoms with van der Waals surface area (Å²) in [6.45, 7) is 7.22. The highest BCUT2D eigenvalue weighted by Crippen LogP contribution is 2.29. The van der Waals surface area contributed by atoms with Gasteiger partial charge in [-0.25, -0.2) is 4.79 Å². The quantitative estimate of drug-likeness (QED) is 0.658. The summed E-state index contributed by atoms with van der Waals surface area (Å²) in [5.74, 6) is 0.0904. The summed E-state index contributed by atoms with van der Waals surface area (Å²) in [6.07, 6.45) is 1.83. The number of piperidine rings is 1. The summed E-state index contributed by atoms with van der Waals surface area (Å²) >= 11 is 0. The second-order valence-corrected chi connectivity index (χ2v) is 7.07. The van der Waals surface area contributed by atoms with Crippen molar-refractivity contribution in [3.05, 3.63) is 28.7 Å². The Morgan fingerprint density at radius 3 is 2.61 bits per heavy atom. The molecule has 0 spiro atoms. The van der Waals surface area contributed by atoms with Gasteiger partial charge in [-0.1, -0.05) is 6.07 Å². The van der Waals surface area contributed by atoms with Gasteiger partial charge in [-0.2, -0.15) is 0 Å². The molecular weight excluding hydrogens is 294 g/mol. The molecule has 3 rings (SSSR count).